The van der Waals surface area contributed by atoms with Crippen molar-refractivity contribution < 1.29 is 9.53 Å². The standard InChI is InChI=1S/C20H31N3O2/c1-22(12-6-10-18-8-4-3-5-9-18)20(24)21-16-19-11-7-13-23(17-19)14-15-25-2/h3-6,8-10,19H,7,11-17H2,1-2H3,(H,21,24). The average Bonchev–Trinajstić information content (AvgIpc) is 2.65. The summed E-state index contributed by atoms with van der Waals surface area (Å²) < 4.78 is 5.15. The van der Waals surface area contributed by atoms with Gasteiger partial charge in [-0.2, -0.15) is 0 Å². The van der Waals surface area contributed by atoms with Crippen LogP contribution in [0, 0.1) is 5.92 Å². The van der Waals surface area contributed by atoms with E-state index in [0.29, 0.717) is 12.5 Å². The lowest BCUT2D eigenvalue weighted by Gasteiger charge is -2.32. The third-order valence-electron chi connectivity index (χ3n) is 4.59. The molecule has 0 saturated carbocycles. The highest BCUT2D eigenvalue weighted by molar-refractivity contribution is 5.74. The summed E-state index contributed by atoms with van der Waals surface area (Å²) in [4.78, 5) is 16.4. The molecule has 1 fully saturated rings. The normalized spacial score (nSPS) is 18.4. The predicted molar refractivity (Wildman–Crippen MR) is 103 cm³/mol. The fourth-order valence-electron chi connectivity index (χ4n) is 3.10. The lowest BCUT2D eigenvalue weighted by molar-refractivity contribution is 0.114. The molecule has 1 aliphatic heterocycles. The third-order valence-corrected chi connectivity index (χ3v) is 4.59. The quantitative estimate of drug-likeness (QED) is 0.788. The maximum absolute atomic E-state index is 12.2. The summed E-state index contributed by atoms with van der Waals surface area (Å²) in [5.41, 5.74) is 1.15. The first-order valence-corrected chi connectivity index (χ1v) is 9.11. The van der Waals surface area contributed by atoms with E-state index in [-0.39, 0.29) is 6.03 Å². The molecule has 1 aromatic rings. The topological polar surface area (TPSA) is 44.8 Å². The molecule has 1 N–H and O–H groups in total. The van der Waals surface area contributed by atoms with Crippen LogP contribution in [0.3, 0.4) is 0 Å². The fourth-order valence-corrected chi connectivity index (χ4v) is 3.10. The molecule has 0 radical (unpaired) electrons. The van der Waals surface area contributed by atoms with Gasteiger partial charge < -0.3 is 19.9 Å². The Hall–Kier alpha value is -1.85. The highest BCUT2D eigenvalue weighted by Crippen LogP contribution is 2.15. The van der Waals surface area contributed by atoms with Crippen molar-refractivity contribution in [1.29, 1.82) is 0 Å². The number of nitrogens with zero attached hydrogens (tertiary/aromatic N) is 2. The number of likely N-dealkylation sites (tertiary alicyclic amines) is 1. The van der Waals surface area contributed by atoms with Gasteiger partial charge in [-0.05, 0) is 30.9 Å². The molecule has 0 bridgehead atoms. The molecular weight excluding hydrogens is 314 g/mol. The van der Waals surface area contributed by atoms with E-state index in [4.69, 9.17) is 4.74 Å². The highest BCUT2D eigenvalue weighted by Gasteiger charge is 2.20. The summed E-state index contributed by atoms with van der Waals surface area (Å²) in [5.74, 6) is 0.530. The van der Waals surface area contributed by atoms with Gasteiger partial charge in [0.2, 0.25) is 0 Å². The van der Waals surface area contributed by atoms with Gasteiger partial charge in [0, 0.05) is 40.3 Å². The van der Waals surface area contributed by atoms with Crippen LogP contribution in [0.1, 0.15) is 18.4 Å². The zero-order valence-electron chi connectivity index (χ0n) is 15.5. The Morgan fingerprint density at radius 2 is 2.20 bits per heavy atom. The van der Waals surface area contributed by atoms with Crippen LogP contribution in [-0.4, -0.2) is 69.3 Å². The smallest absolute Gasteiger partial charge is 0.317 e. The van der Waals surface area contributed by atoms with E-state index in [2.05, 4.69) is 22.3 Å². The van der Waals surface area contributed by atoms with Gasteiger partial charge in [0.25, 0.3) is 0 Å². The van der Waals surface area contributed by atoms with Crippen molar-refractivity contribution in [2.45, 2.75) is 12.8 Å². The Labute approximate surface area is 151 Å². The second-order valence-electron chi connectivity index (χ2n) is 6.68. The maximum atomic E-state index is 12.2. The monoisotopic (exact) mass is 345 g/mol. The van der Waals surface area contributed by atoms with Gasteiger partial charge in [-0.3, -0.25) is 0 Å². The number of urea groups is 1. The molecule has 1 aliphatic rings. The van der Waals surface area contributed by atoms with Crippen molar-refractivity contribution in [1.82, 2.24) is 15.1 Å². The largest absolute Gasteiger partial charge is 0.383 e. The Balaban J connectivity index is 1.67. The second kappa shape index (κ2) is 10.9. The van der Waals surface area contributed by atoms with Crippen LogP contribution in [0.4, 0.5) is 4.79 Å². The Morgan fingerprint density at radius 1 is 1.40 bits per heavy atom. The second-order valence-corrected chi connectivity index (χ2v) is 6.68. The number of ether oxygens (including phenoxy) is 1. The average molecular weight is 345 g/mol. The molecule has 0 aliphatic carbocycles. The van der Waals surface area contributed by atoms with Crippen LogP contribution in [0.2, 0.25) is 0 Å². The predicted octanol–water partition coefficient (Wildman–Crippen LogP) is 2.70. The van der Waals surface area contributed by atoms with E-state index in [1.165, 1.54) is 12.8 Å². The SMILES string of the molecule is COCCN1CCCC(CNC(=O)N(C)CC=Cc2ccccc2)C1. The molecule has 1 heterocycles. The van der Waals surface area contributed by atoms with Crippen LogP contribution in [0.25, 0.3) is 6.08 Å². The number of rotatable bonds is 8. The third kappa shape index (κ3) is 7.28. The van der Waals surface area contributed by atoms with Gasteiger partial charge in [0.1, 0.15) is 0 Å². The van der Waals surface area contributed by atoms with Gasteiger partial charge in [-0.15, -0.1) is 0 Å². The Bertz CT molecular complexity index is 533. The number of piperidine rings is 1. The molecule has 1 aromatic carbocycles. The van der Waals surface area contributed by atoms with Crippen LogP contribution in [0.15, 0.2) is 36.4 Å². The molecule has 2 amide bonds. The summed E-state index contributed by atoms with van der Waals surface area (Å²) in [6.07, 6.45) is 6.43. The van der Waals surface area contributed by atoms with Crippen LogP contribution in [0.5, 0.6) is 0 Å². The van der Waals surface area contributed by atoms with Gasteiger partial charge in [-0.25, -0.2) is 4.79 Å². The molecule has 1 unspecified atom stereocenters. The highest BCUT2D eigenvalue weighted by atomic mass is 16.5. The van der Waals surface area contributed by atoms with E-state index in [1.54, 1.807) is 12.0 Å². The summed E-state index contributed by atoms with van der Waals surface area (Å²) in [5, 5.41) is 3.07. The lowest BCUT2D eigenvalue weighted by Crippen LogP contribution is -2.44. The van der Waals surface area contributed by atoms with Crippen molar-refractivity contribution in [3.63, 3.8) is 0 Å². The fraction of sp³-hybridized carbons (Fsp3) is 0.550. The van der Waals surface area contributed by atoms with E-state index in [1.807, 2.05) is 37.4 Å². The number of likely N-dealkylation sites (N-methyl/N-ethyl adjacent to an activating group) is 1. The summed E-state index contributed by atoms with van der Waals surface area (Å²) in [6.45, 7) is 5.28. The van der Waals surface area contributed by atoms with Gasteiger partial charge in [-0.1, -0.05) is 42.5 Å². The molecule has 5 heteroatoms. The molecule has 138 valence electrons. The maximum Gasteiger partial charge on any atom is 0.317 e. The van der Waals surface area contributed by atoms with E-state index in [0.717, 1.165) is 38.3 Å². The van der Waals surface area contributed by atoms with Crippen molar-refractivity contribution in [2.75, 3.05) is 53.5 Å². The number of hydrogen-bond donors (Lipinski definition) is 1. The minimum atomic E-state index is -0.00766. The Kier molecular flexibility index (Phi) is 8.49. The van der Waals surface area contributed by atoms with Crippen LogP contribution in [-0.2, 0) is 4.74 Å². The number of hydrogen-bond acceptors (Lipinski definition) is 3. The molecule has 5 nitrogen and oxygen atoms in total. The minimum absolute atomic E-state index is 0.00766. The summed E-state index contributed by atoms with van der Waals surface area (Å²) in [7, 11) is 3.57. The van der Waals surface area contributed by atoms with Crippen LogP contribution < -0.4 is 5.32 Å². The van der Waals surface area contributed by atoms with Gasteiger partial charge >= 0.3 is 6.03 Å². The number of carbonyl (C=O) groups excluding carboxylic acids is 1. The number of carbonyl (C=O) groups is 1. The van der Waals surface area contributed by atoms with Crippen LogP contribution >= 0.6 is 0 Å². The summed E-state index contributed by atoms with van der Waals surface area (Å²) >= 11 is 0. The molecular formula is C20H31N3O2. The van der Waals surface area contributed by atoms with Crippen molar-refractivity contribution in [3.8, 4) is 0 Å². The zero-order chi connectivity index (χ0) is 17.9. The molecule has 0 aromatic heterocycles. The Morgan fingerprint density at radius 3 is 2.96 bits per heavy atom. The number of nitrogens with one attached hydrogen (secondary N) is 1. The zero-order valence-corrected chi connectivity index (χ0v) is 15.5. The van der Waals surface area contributed by atoms with E-state index < -0.39 is 0 Å². The first-order chi connectivity index (χ1) is 12.2. The minimum Gasteiger partial charge on any atom is -0.383 e. The molecule has 1 saturated heterocycles. The molecule has 2 rings (SSSR count). The van der Waals surface area contributed by atoms with Crippen molar-refractivity contribution >= 4 is 12.1 Å². The number of amides is 2. The van der Waals surface area contributed by atoms with Crippen molar-refractivity contribution in [2.24, 2.45) is 5.92 Å². The van der Waals surface area contributed by atoms with Gasteiger partial charge in [0.05, 0.1) is 6.61 Å². The number of methoxy groups -OCH3 is 1. The molecule has 1 atom stereocenters. The van der Waals surface area contributed by atoms with Gasteiger partial charge in [0.15, 0.2) is 0 Å². The van der Waals surface area contributed by atoms with E-state index in [9.17, 15) is 4.79 Å². The first-order valence-electron chi connectivity index (χ1n) is 9.11. The number of benzene rings is 1. The molecule has 25 heavy (non-hydrogen) atoms. The summed E-state index contributed by atoms with van der Waals surface area (Å²) in [6, 6.07) is 10.1. The van der Waals surface area contributed by atoms with E-state index >= 15 is 0 Å². The first kappa shape index (κ1) is 19.5. The lowest BCUT2D eigenvalue weighted by atomic mass is 9.98. The molecule has 0 spiro atoms. The van der Waals surface area contributed by atoms with Crippen molar-refractivity contribution in [3.05, 3.63) is 42.0 Å².